The zero-order valence-corrected chi connectivity index (χ0v) is 15.5. The monoisotopic (exact) mass is 369 g/mol. The molecule has 6 heteroatoms. The lowest BCUT2D eigenvalue weighted by atomic mass is 9.98. The number of alkyl halides is 3. The first kappa shape index (κ1) is 19.7. The third kappa shape index (κ3) is 5.16. The number of nitrogens with one attached hydrogen (secondary N) is 1. The van der Waals surface area contributed by atoms with Gasteiger partial charge in [0, 0.05) is 0 Å². The van der Waals surface area contributed by atoms with Gasteiger partial charge in [-0.3, -0.25) is 0 Å². The second kappa shape index (κ2) is 7.30. The number of hydrogen-bond donors (Lipinski definition) is 1. The highest BCUT2D eigenvalue weighted by Crippen LogP contribution is 2.31. The summed E-state index contributed by atoms with van der Waals surface area (Å²) in [5.41, 5.74) is 1.86. The van der Waals surface area contributed by atoms with Crippen molar-refractivity contribution in [2.45, 2.75) is 44.7 Å². The lowest BCUT2D eigenvalue weighted by Gasteiger charge is -2.25. The summed E-state index contributed by atoms with van der Waals surface area (Å²) in [7, 11) is -1.37. The molecule has 0 bridgehead atoms. The standard InChI is InChI=1S/C19H22F3NOS/c1-13-5-7-14(8-6-13)17(23-25(24)18(2,3)4)15-9-11-16(12-10-15)19(20,21)22/h5-12,17,23H,1-4H3/t17-,25?/m0/s1. The van der Waals surface area contributed by atoms with Gasteiger partial charge in [-0.1, -0.05) is 42.0 Å². The average molecular weight is 369 g/mol. The molecule has 0 aromatic heterocycles. The summed E-state index contributed by atoms with van der Waals surface area (Å²) in [6.45, 7) is 7.48. The Balaban J connectivity index is 2.40. The van der Waals surface area contributed by atoms with Gasteiger partial charge >= 0.3 is 6.18 Å². The first-order valence-electron chi connectivity index (χ1n) is 7.90. The summed E-state index contributed by atoms with van der Waals surface area (Å²) in [4.78, 5) is 0. The number of hydrogen-bond acceptors (Lipinski definition) is 1. The smallest absolute Gasteiger partial charge is 0.242 e. The van der Waals surface area contributed by atoms with Gasteiger partial charge in [-0.15, -0.1) is 0 Å². The Hall–Kier alpha value is -1.66. The number of halogens is 3. The van der Waals surface area contributed by atoms with Crippen molar-refractivity contribution >= 4 is 11.0 Å². The molecule has 1 unspecified atom stereocenters. The Labute approximate surface area is 149 Å². The van der Waals surface area contributed by atoms with Crippen molar-refractivity contribution in [1.82, 2.24) is 4.72 Å². The van der Waals surface area contributed by atoms with Crippen LogP contribution < -0.4 is 4.72 Å². The minimum absolute atomic E-state index is 0.456. The van der Waals surface area contributed by atoms with E-state index in [1.165, 1.54) is 12.1 Å². The van der Waals surface area contributed by atoms with E-state index in [0.29, 0.717) is 5.56 Å². The third-order valence-electron chi connectivity index (χ3n) is 3.76. The van der Waals surface area contributed by atoms with Crippen molar-refractivity contribution in [3.8, 4) is 0 Å². The Morgan fingerprint density at radius 3 is 1.72 bits per heavy atom. The fourth-order valence-electron chi connectivity index (χ4n) is 2.24. The van der Waals surface area contributed by atoms with Gasteiger partial charge in [0.1, 0.15) is 0 Å². The summed E-state index contributed by atoms with van der Waals surface area (Å²) >= 11 is 0. The lowest BCUT2D eigenvalue weighted by molar-refractivity contribution is -0.137. The first-order chi connectivity index (χ1) is 11.5. The molecule has 136 valence electrons. The molecule has 0 amide bonds. The highest BCUT2D eigenvalue weighted by atomic mass is 32.2. The maximum absolute atomic E-state index is 12.8. The summed E-state index contributed by atoms with van der Waals surface area (Å²) in [6.07, 6.45) is -4.38. The molecule has 0 radical (unpaired) electrons. The van der Waals surface area contributed by atoms with Crippen molar-refractivity contribution in [3.05, 3.63) is 70.8 Å². The van der Waals surface area contributed by atoms with Gasteiger partial charge in [0.05, 0.1) is 27.3 Å². The molecule has 0 aliphatic rings. The SMILES string of the molecule is Cc1ccc([C@H](NS(=O)C(C)(C)C)c2ccc(C(F)(F)F)cc2)cc1. The van der Waals surface area contributed by atoms with Crippen LogP contribution in [0.4, 0.5) is 13.2 Å². The van der Waals surface area contributed by atoms with Gasteiger partial charge in [0.2, 0.25) is 0 Å². The molecular weight excluding hydrogens is 347 g/mol. The molecule has 0 aliphatic carbocycles. The van der Waals surface area contributed by atoms with E-state index in [0.717, 1.165) is 23.3 Å². The molecule has 0 saturated heterocycles. The second-order valence-electron chi connectivity index (χ2n) is 6.96. The molecule has 0 heterocycles. The van der Waals surface area contributed by atoms with E-state index in [9.17, 15) is 17.4 Å². The van der Waals surface area contributed by atoms with Gasteiger partial charge in [-0.25, -0.2) is 8.93 Å². The predicted molar refractivity (Wildman–Crippen MR) is 95.5 cm³/mol. The minimum atomic E-state index is -4.38. The normalized spacial score (nSPS) is 15.0. The zero-order valence-electron chi connectivity index (χ0n) is 14.6. The molecule has 2 atom stereocenters. The van der Waals surface area contributed by atoms with Gasteiger partial charge < -0.3 is 0 Å². The third-order valence-corrected chi connectivity index (χ3v) is 5.33. The van der Waals surface area contributed by atoms with Crippen LogP contribution in [-0.4, -0.2) is 8.96 Å². The van der Waals surface area contributed by atoms with Gasteiger partial charge in [-0.2, -0.15) is 13.2 Å². The topological polar surface area (TPSA) is 29.1 Å². The van der Waals surface area contributed by atoms with Crippen LogP contribution in [0.3, 0.4) is 0 Å². The fraction of sp³-hybridized carbons (Fsp3) is 0.368. The molecule has 25 heavy (non-hydrogen) atoms. The summed E-state index contributed by atoms with van der Waals surface area (Å²) in [5.74, 6) is 0. The lowest BCUT2D eigenvalue weighted by Crippen LogP contribution is -2.36. The van der Waals surface area contributed by atoms with E-state index in [-0.39, 0.29) is 0 Å². The summed E-state index contributed by atoms with van der Waals surface area (Å²) in [5, 5.41) is 0. The summed E-state index contributed by atoms with van der Waals surface area (Å²) < 4.78 is 53.5. The number of benzene rings is 2. The van der Waals surface area contributed by atoms with Crippen LogP contribution in [-0.2, 0) is 17.2 Å². The van der Waals surface area contributed by atoms with Crippen LogP contribution in [0.2, 0.25) is 0 Å². The molecule has 0 saturated carbocycles. The largest absolute Gasteiger partial charge is 0.416 e. The van der Waals surface area contributed by atoms with Crippen molar-refractivity contribution < 1.29 is 17.4 Å². The maximum Gasteiger partial charge on any atom is 0.416 e. The number of rotatable bonds is 4. The van der Waals surface area contributed by atoms with Crippen LogP contribution in [0.5, 0.6) is 0 Å². The van der Waals surface area contributed by atoms with E-state index >= 15 is 0 Å². The highest BCUT2D eigenvalue weighted by Gasteiger charge is 2.31. The van der Waals surface area contributed by atoms with Crippen molar-refractivity contribution in [2.75, 3.05) is 0 Å². The molecule has 0 fully saturated rings. The van der Waals surface area contributed by atoms with Crippen molar-refractivity contribution in [3.63, 3.8) is 0 Å². The van der Waals surface area contributed by atoms with Gasteiger partial charge in [0.25, 0.3) is 0 Å². The molecule has 2 nitrogen and oxygen atoms in total. The fourth-order valence-corrected chi connectivity index (χ4v) is 3.08. The zero-order chi connectivity index (χ0) is 18.8. The van der Waals surface area contributed by atoms with Gasteiger partial charge in [0.15, 0.2) is 0 Å². The molecule has 1 N–H and O–H groups in total. The predicted octanol–water partition coefficient (Wildman–Crippen LogP) is 5.16. The minimum Gasteiger partial charge on any atom is -0.242 e. The van der Waals surface area contributed by atoms with Crippen LogP contribution in [0.25, 0.3) is 0 Å². The van der Waals surface area contributed by atoms with Crippen LogP contribution in [0.15, 0.2) is 48.5 Å². The van der Waals surface area contributed by atoms with Crippen molar-refractivity contribution in [2.24, 2.45) is 0 Å². The van der Waals surface area contributed by atoms with E-state index in [2.05, 4.69) is 4.72 Å². The maximum atomic E-state index is 12.8. The van der Waals surface area contributed by atoms with E-state index < -0.39 is 33.5 Å². The van der Waals surface area contributed by atoms with Crippen LogP contribution >= 0.6 is 0 Å². The molecule has 0 aliphatic heterocycles. The van der Waals surface area contributed by atoms with E-state index in [1.807, 2.05) is 52.0 Å². The van der Waals surface area contributed by atoms with Gasteiger partial charge in [-0.05, 0) is 51.0 Å². The highest BCUT2D eigenvalue weighted by molar-refractivity contribution is 7.84. The first-order valence-corrected chi connectivity index (χ1v) is 9.05. The summed E-state index contributed by atoms with van der Waals surface area (Å²) in [6, 6.07) is 12.1. The molecule has 2 aromatic carbocycles. The Morgan fingerprint density at radius 2 is 1.32 bits per heavy atom. The van der Waals surface area contributed by atoms with Crippen LogP contribution in [0, 0.1) is 6.92 Å². The molecule has 2 rings (SSSR count). The second-order valence-corrected chi connectivity index (χ2v) is 8.96. The number of aryl methyl sites for hydroxylation is 1. The Kier molecular flexibility index (Phi) is 5.74. The van der Waals surface area contributed by atoms with E-state index in [1.54, 1.807) is 0 Å². The molecule has 0 spiro atoms. The Bertz CT molecular complexity index is 731. The van der Waals surface area contributed by atoms with Crippen molar-refractivity contribution in [1.29, 1.82) is 0 Å². The Morgan fingerprint density at radius 1 is 0.880 bits per heavy atom. The average Bonchev–Trinajstić information content (AvgIpc) is 2.52. The van der Waals surface area contributed by atoms with E-state index in [4.69, 9.17) is 0 Å². The molecular formula is C19H22F3NOS. The van der Waals surface area contributed by atoms with Crippen LogP contribution in [0.1, 0.15) is 49.1 Å². The molecule has 2 aromatic rings. The quantitative estimate of drug-likeness (QED) is 0.793.